The van der Waals surface area contributed by atoms with E-state index in [9.17, 15) is 5.21 Å². The standard InChI is InChI=1S/C22H21N2O/c1-3-24(25)21-15-11-19(12-16-21)22(17-7-5-4-6-8-17)18-9-13-20(23-2)14-10-18/h3-16,25H,1-2H3/q+1/b22-18?,23-20?,24-3-. The molecule has 1 aliphatic carbocycles. The van der Waals surface area contributed by atoms with Crippen molar-refractivity contribution in [2.24, 2.45) is 4.99 Å². The number of hydrogen-bond donors (Lipinski definition) is 1. The maximum Gasteiger partial charge on any atom is 0.256 e. The van der Waals surface area contributed by atoms with Crippen molar-refractivity contribution in [1.29, 1.82) is 0 Å². The lowest BCUT2D eigenvalue weighted by Crippen LogP contribution is -2.00. The Labute approximate surface area is 148 Å². The first-order valence-corrected chi connectivity index (χ1v) is 8.23. The molecular weight excluding hydrogens is 308 g/mol. The summed E-state index contributed by atoms with van der Waals surface area (Å²) in [5.74, 6) is 0. The minimum atomic E-state index is 0.735. The van der Waals surface area contributed by atoms with Crippen molar-refractivity contribution in [2.45, 2.75) is 6.92 Å². The van der Waals surface area contributed by atoms with Crippen LogP contribution in [0.15, 0.2) is 89.5 Å². The van der Waals surface area contributed by atoms with Crippen LogP contribution >= 0.6 is 0 Å². The van der Waals surface area contributed by atoms with Gasteiger partial charge in [-0.1, -0.05) is 42.5 Å². The third-order valence-electron chi connectivity index (χ3n) is 4.14. The fourth-order valence-corrected chi connectivity index (χ4v) is 2.81. The molecule has 2 aromatic carbocycles. The molecule has 0 radical (unpaired) electrons. The van der Waals surface area contributed by atoms with Crippen molar-refractivity contribution >= 4 is 23.2 Å². The molecule has 0 bridgehead atoms. The molecular formula is C22H21N2O+. The molecule has 1 aliphatic rings. The highest BCUT2D eigenvalue weighted by atomic mass is 16.5. The average Bonchev–Trinajstić information content (AvgIpc) is 2.69. The number of rotatable bonds is 3. The van der Waals surface area contributed by atoms with Crippen LogP contribution in [0.25, 0.3) is 5.57 Å². The minimum absolute atomic E-state index is 0.735. The molecule has 0 atom stereocenters. The van der Waals surface area contributed by atoms with Crippen molar-refractivity contribution in [1.82, 2.24) is 0 Å². The molecule has 0 unspecified atom stereocenters. The first-order chi connectivity index (χ1) is 12.2. The van der Waals surface area contributed by atoms with Crippen molar-refractivity contribution in [3.63, 3.8) is 0 Å². The topological polar surface area (TPSA) is 35.6 Å². The van der Waals surface area contributed by atoms with Crippen LogP contribution in [-0.4, -0.2) is 28.9 Å². The summed E-state index contributed by atoms with van der Waals surface area (Å²) in [6, 6.07) is 18.2. The van der Waals surface area contributed by atoms with Crippen LogP contribution in [0.3, 0.4) is 0 Å². The predicted octanol–water partition coefficient (Wildman–Crippen LogP) is 4.81. The highest BCUT2D eigenvalue weighted by Gasteiger charge is 2.13. The number of aliphatic imine (C=N–C) groups is 1. The zero-order chi connectivity index (χ0) is 17.6. The van der Waals surface area contributed by atoms with Gasteiger partial charge in [-0.3, -0.25) is 10.2 Å². The van der Waals surface area contributed by atoms with Crippen molar-refractivity contribution in [3.05, 3.63) is 95.6 Å². The van der Waals surface area contributed by atoms with Gasteiger partial charge in [-0.05, 0) is 46.6 Å². The van der Waals surface area contributed by atoms with Crippen LogP contribution in [0.2, 0.25) is 0 Å². The summed E-state index contributed by atoms with van der Waals surface area (Å²) < 4.78 is 1.11. The Morgan fingerprint density at radius 3 is 2.04 bits per heavy atom. The first-order valence-electron chi connectivity index (χ1n) is 8.23. The van der Waals surface area contributed by atoms with Crippen LogP contribution in [-0.2, 0) is 0 Å². The molecule has 0 spiro atoms. The lowest BCUT2D eigenvalue weighted by Gasteiger charge is -2.14. The molecule has 0 amide bonds. The molecule has 124 valence electrons. The van der Waals surface area contributed by atoms with Gasteiger partial charge in [-0.2, -0.15) is 0 Å². The molecule has 3 heteroatoms. The first kappa shape index (κ1) is 16.7. The summed E-state index contributed by atoms with van der Waals surface area (Å²) >= 11 is 0. The van der Waals surface area contributed by atoms with E-state index >= 15 is 0 Å². The molecule has 0 saturated carbocycles. The van der Waals surface area contributed by atoms with Crippen LogP contribution in [0.4, 0.5) is 5.69 Å². The second kappa shape index (κ2) is 7.58. The Morgan fingerprint density at radius 1 is 0.880 bits per heavy atom. The number of hydrogen-bond acceptors (Lipinski definition) is 2. The van der Waals surface area contributed by atoms with Crippen molar-refractivity contribution in [2.75, 3.05) is 7.05 Å². The fraction of sp³-hybridized carbons (Fsp3) is 0.0909. The van der Waals surface area contributed by atoms with Gasteiger partial charge >= 0.3 is 0 Å². The van der Waals surface area contributed by atoms with Crippen LogP contribution < -0.4 is 0 Å². The van der Waals surface area contributed by atoms with E-state index in [0.717, 1.165) is 38.4 Å². The van der Waals surface area contributed by atoms with E-state index in [1.807, 2.05) is 54.6 Å². The lowest BCUT2D eigenvalue weighted by molar-refractivity contribution is -0.709. The Bertz CT molecular complexity index is 881. The molecule has 0 heterocycles. The van der Waals surface area contributed by atoms with Crippen molar-refractivity contribution in [3.8, 4) is 0 Å². The monoisotopic (exact) mass is 329 g/mol. The summed E-state index contributed by atoms with van der Waals surface area (Å²) in [7, 11) is 1.79. The van der Waals surface area contributed by atoms with Gasteiger partial charge in [-0.25, -0.2) is 0 Å². The van der Waals surface area contributed by atoms with Gasteiger partial charge in [0.1, 0.15) is 0 Å². The lowest BCUT2D eigenvalue weighted by atomic mass is 9.91. The van der Waals surface area contributed by atoms with E-state index in [-0.39, 0.29) is 0 Å². The van der Waals surface area contributed by atoms with Gasteiger partial charge < -0.3 is 0 Å². The summed E-state index contributed by atoms with van der Waals surface area (Å²) in [6.07, 6.45) is 9.85. The Morgan fingerprint density at radius 2 is 1.48 bits per heavy atom. The smallest absolute Gasteiger partial charge is 0.256 e. The van der Waals surface area contributed by atoms with Gasteiger partial charge in [0.25, 0.3) is 5.69 Å². The van der Waals surface area contributed by atoms with E-state index in [4.69, 9.17) is 0 Å². The molecule has 1 N–H and O–H groups in total. The van der Waals surface area contributed by atoms with Gasteiger partial charge in [0, 0.05) is 30.8 Å². The van der Waals surface area contributed by atoms with E-state index in [1.165, 1.54) is 0 Å². The average molecular weight is 329 g/mol. The molecule has 25 heavy (non-hydrogen) atoms. The second-order valence-corrected chi connectivity index (χ2v) is 5.66. The molecule has 3 nitrogen and oxygen atoms in total. The van der Waals surface area contributed by atoms with Gasteiger partial charge in [0.15, 0.2) is 6.21 Å². The molecule has 0 aromatic heterocycles. The zero-order valence-corrected chi connectivity index (χ0v) is 14.4. The van der Waals surface area contributed by atoms with Gasteiger partial charge in [-0.15, -0.1) is 0 Å². The van der Waals surface area contributed by atoms with Gasteiger partial charge in [0.05, 0.1) is 5.71 Å². The SMILES string of the molecule is C/C=[N+](\O)c1ccc(C(=C2C=CC(=NC)C=C2)c2ccccc2)cc1. The predicted molar refractivity (Wildman–Crippen MR) is 104 cm³/mol. The second-order valence-electron chi connectivity index (χ2n) is 5.66. The van der Waals surface area contributed by atoms with Crippen LogP contribution in [0.5, 0.6) is 0 Å². The third-order valence-corrected chi connectivity index (χ3v) is 4.14. The summed E-state index contributed by atoms with van der Waals surface area (Å²) in [5, 5.41) is 9.81. The third kappa shape index (κ3) is 3.66. The minimum Gasteiger partial charge on any atom is -0.289 e. The Hall–Kier alpha value is -3.20. The highest BCUT2D eigenvalue weighted by molar-refractivity contribution is 6.07. The normalized spacial score (nSPS) is 13.9. The van der Waals surface area contributed by atoms with E-state index in [2.05, 4.69) is 29.3 Å². The van der Waals surface area contributed by atoms with Crippen LogP contribution in [0.1, 0.15) is 18.1 Å². The van der Waals surface area contributed by atoms with E-state index < -0.39 is 0 Å². The summed E-state index contributed by atoms with van der Waals surface area (Å²) in [4.78, 5) is 4.21. The van der Waals surface area contributed by atoms with Crippen molar-refractivity contribution < 1.29 is 9.95 Å². The number of allylic oxidation sites excluding steroid dienone is 5. The number of benzene rings is 2. The summed E-state index contributed by atoms with van der Waals surface area (Å²) in [6.45, 7) is 1.79. The molecule has 3 rings (SSSR count). The molecule has 0 saturated heterocycles. The summed E-state index contributed by atoms with van der Waals surface area (Å²) in [5.41, 5.74) is 6.23. The molecule has 2 aromatic rings. The molecule has 0 aliphatic heterocycles. The Kier molecular flexibility index (Phi) is 5.05. The number of nitrogens with zero attached hydrogens (tertiary/aromatic N) is 2. The van der Waals surface area contributed by atoms with Gasteiger partial charge in [0.2, 0.25) is 0 Å². The largest absolute Gasteiger partial charge is 0.289 e. The van der Waals surface area contributed by atoms with Crippen LogP contribution in [0, 0.1) is 0 Å². The zero-order valence-electron chi connectivity index (χ0n) is 14.4. The van der Waals surface area contributed by atoms with E-state index in [1.54, 1.807) is 20.2 Å². The molecule has 0 fully saturated rings. The quantitative estimate of drug-likeness (QED) is 0.373. The van der Waals surface area contributed by atoms with E-state index in [0.29, 0.717) is 0 Å². The highest BCUT2D eigenvalue weighted by Crippen LogP contribution is 2.30. The maximum absolute atomic E-state index is 9.81. The fourth-order valence-electron chi connectivity index (χ4n) is 2.81. The maximum atomic E-state index is 9.81. The Balaban J connectivity index is 2.12.